The maximum absolute atomic E-state index is 5.69. The van der Waals surface area contributed by atoms with Gasteiger partial charge in [0.15, 0.2) is 0 Å². The molecule has 2 aromatic carbocycles. The minimum Gasteiger partial charge on any atom is -0.399 e. The maximum atomic E-state index is 5.69. The van der Waals surface area contributed by atoms with Crippen LogP contribution in [0.5, 0.6) is 0 Å². The van der Waals surface area contributed by atoms with Crippen LogP contribution in [0.25, 0.3) is 11.1 Å². The average Bonchev–Trinajstić information content (AvgIpc) is 2.18. The normalized spacial score (nSPS) is 10.0. The van der Waals surface area contributed by atoms with E-state index in [0.717, 1.165) is 16.8 Å². The highest BCUT2D eigenvalue weighted by atomic mass is 14.5. The van der Waals surface area contributed by atoms with Crippen molar-refractivity contribution in [2.45, 2.75) is 0 Å². The number of hydrogen-bond acceptors (Lipinski definition) is 2. The van der Waals surface area contributed by atoms with Crippen LogP contribution in [0.1, 0.15) is 0 Å². The molecule has 2 heteroatoms. The number of nitrogen functional groups attached to an aromatic ring is 2. The van der Waals surface area contributed by atoms with Gasteiger partial charge in [0, 0.05) is 17.4 Å². The molecule has 2 rings (SSSR count). The summed E-state index contributed by atoms with van der Waals surface area (Å²) in [4.78, 5) is 0. The summed E-state index contributed by atoms with van der Waals surface area (Å²) >= 11 is 0. The van der Waals surface area contributed by atoms with Crippen LogP contribution >= 0.6 is 0 Å². The fourth-order valence-corrected chi connectivity index (χ4v) is 1.38. The van der Waals surface area contributed by atoms with Crippen LogP contribution in [0.3, 0.4) is 0 Å². The summed E-state index contributed by atoms with van der Waals surface area (Å²) in [7, 11) is 0. The van der Waals surface area contributed by atoms with E-state index in [9.17, 15) is 0 Å². The molecule has 1 radical (unpaired) electrons. The van der Waals surface area contributed by atoms with Gasteiger partial charge in [0.2, 0.25) is 0 Å². The Morgan fingerprint density at radius 2 is 1.71 bits per heavy atom. The van der Waals surface area contributed by atoms with Gasteiger partial charge >= 0.3 is 0 Å². The minimum absolute atomic E-state index is 0.643. The average molecular weight is 183 g/mol. The van der Waals surface area contributed by atoms with E-state index in [4.69, 9.17) is 11.5 Å². The Balaban J connectivity index is 2.49. The van der Waals surface area contributed by atoms with Gasteiger partial charge in [0.05, 0.1) is 0 Å². The Hall–Kier alpha value is -1.96. The molecule has 2 aromatic rings. The summed E-state index contributed by atoms with van der Waals surface area (Å²) in [5, 5.41) is 0. The summed E-state index contributed by atoms with van der Waals surface area (Å²) in [6, 6.07) is 16.3. The third-order valence-electron chi connectivity index (χ3n) is 2.04. The first-order valence-electron chi connectivity index (χ1n) is 4.39. The van der Waals surface area contributed by atoms with Crippen LogP contribution in [0.4, 0.5) is 11.4 Å². The predicted octanol–water partition coefficient (Wildman–Crippen LogP) is 2.32. The third-order valence-corrected chi connectivity index (χ3v) is 2.04. The molecule has 2 nitrogen and oxygen atoms in total. The van der Waals surface area contributed by atoms with Crippen LogP contribution in [-0.4, -0.2) is 0 Å². The lowest BCUT2D eigenvalue weighted by Crippen LogP contribution is -1.87. The fraction of sp³-hybridized carbons (Fsp3) is 0. The van der Waals surface area contributed by atoms with Crippen LogP contribution in [0.15, 0.2) is 42.5 Å². The van der Waals surface area contributed by atoms with E-state index in [1.165, 1.54) is 0 Å². The van der Waals surface area contributed by atoms with Crippen molar-refractivity contribution in [2.75, 3.05) is 11.5 Å². The number of hydrogen-bond donors (Lipinski definition) is 2. The maximum Gasteiger partial charge on any atom is 0.0400 e. The SMILES string of the molecule is Nc1[c]ccc(-c2cccc(N)c2)c1. The molecule has 0 bridgehead atoms. The molecule has 69 valence electrons. The van der Waals surface area contributed by atoms with E-state index in [1.54, 1.807) is 0 Å². The van der Waals surface area contributed by atoms with Crippen molar-refractivity contribution in [3.63, 3.8) is 0 Å². The van der Waals surface area contributed by atoms with Gasteiger partial charge in [-0.2, -0.15) is 0 Å². The van der Waals surface area contributed by atoms with Gasteiger partial charge in [-0.15, -0.1) is 0 Å². The highest BCUT2D eigenvalue weighted by Crippen LogP contribution is 2.22. The molecule has 0 saturated carbocycles. The van der Waals surface area contributed by atoms with E-state index < -0.39 is 0 Å². The van der Waals surface area contributed by atoms with Gasteiger partial charge in [-0.25, -0.2) is 0 Å². The second kappa shape index (κ2) is 3.42. The third kappa shape index (κ3) is 1.69. The first-order valence-corrected chi connectivity index (χ1v) is 4.39. The van der Waals surface area contributed by atoms with Gasteiger partial charge < -0.3 is 11.5 Å². The Bertz CT molecular complexity index is 406. The molecule has 14 heavy (non-hydrogen) atoms. The summed E-state index contributed by atoms with van der Waals surface area (Å²) in [6.07, 6.45) is 0. The van der Waals surface area contributed by atoms with Crippen molar-refractivity contribution >= 4 is 11.4 Å². The quantitative estimate of drug-likeness (QED) is 0.666. The molecule has 0 atom stereocenters. The molecule has 4 N–H and O–H groups in total. The lowest BCUT2D eigenvalue weighted by molar-refractivity contribution is 1.60. The van der Waals surface area contributed by atoms with Gasteiger partial charge in [-0.3, -0.25) is 0 Å². The van der Waals surface area contributed by atoms with Crippen LogP contribution < -0.4 is 11.5 Å². The lowest BCUT2D eigenvalue weighted by Gasteiger charge is -2.03. The number of rotatable bonds is 1. The molecule has 0 saturated heterocycles. The highest BCUT2D eigenvalue weighted by Gasteiger charge is 1.97. The summed E-state index contributed by atoms with van der Waals surface area (Å²) in [6.45, 7) is 0. The molecular weight excluding hydrogens is 172 g/mol. The zero-order chi connectivity index (χ0) is 9.97. The number of benzene rings is 2. The molecule has 0 amide bonds. The van der Waals surface area contributed by atoms with Crippen molar-refractivity contribution in [2.24, 2.45) is 0 Å². The predicted molar refractivity (Wildman–Crippen MR) is 59.5 cm³/mol. The van der Waals surface area contributed by atoms with Gasteiger partial charge in [0.25, 0.3) is 0 Å². The molecule has 0 fully saturated rings. The Kier molecular flexibility index (Phi) is 2.11. The zero-order valence-electron chi connectivity index (χ0n) is 7.70. The molecule has 0 aromatic heterocycles. The number of nitrogens with two attached hydrogens (primary N) is 2. The van der Waals surface area contributed by atoms with Gasteiger partial charge in [0.1, 0.15) is 0 Å². The van der Waals surface area contributed by atoms with Crippen molar-refractivity contribution in [3.8, 4) is 11.1 Å². The zero-order valence-corrected chi connectivity index (χ0v) is 7.70. The van der Waals surface area contributed by atoms with Crippen molar-refractivity contribution < 1.29 is 0 Å². The van der Waals surface area contributed by atoms with E-state index in [0.29, 0.717) is 5.69 Å². The van der Waals surface area contributed by atoms with Crippen LogP contribution in [-0.2, 0) is 0 Å². The Morgan fingerprint density at radius 1 is 0.929 bits per heavy atom. The van der Waals surface area contributed by atoms with Crippen LogP contribution in [0, 0.1) is 6.07 Å². The first kappa shape index (κ1) is 8.63. The molecule has 0 aliphatic heterocycles. The smallest absolute Gasteiger partial charge is 0.0400 e. The summed E-state index contributed by atoms with van der Waals surface area (Å²) in [5.74, 6) is 0. The van der Waals surface area contributed by atoms with Crippen molar-refractivity contribution in [3.05, 3.63) is 48.5 Å². The van der Waals surface area contributed by atoms with E-state index in [1.807, 2.05) is 42.5 Å². The van der Waals surface area contributed by atoms with E-state index >= 15 is 0 Å². The van der Waals surface area contributed by atoms with E-state index in [-0.39, 0.29) is 0 Å². The van der Waals surface area contributed by atoms with Crippen LogP contribution in [0.2, 0.25) is 0 Å². The fourth-order valence-electron chi connectivity index (χ4n) is 1.38. The summed E-state index contributed by atoms with van der Waals surface area (Å²) in [5.41, 5.74) is 14.9. The Morgan fingerprint density at radius 3 is 2.43 bits per heavy atom. The number of anilines is 2. The topological polar surface area (TPSA) is 52.0 Å². The highest BCUT2D eigenvalue weighted by molar-refractivity contribution is 5.69. The second-order valence-corrected chi connectivity index (χ2v) is 3.16. The molecule has 0 aliphatic rings. The van der Waals surface area contributed by atoms with Gasteiger partial charge in [-0.1, -0.05) is 24.3 Å². The van der Waals surface area contributed by atoms with Crippen molar-refractivity contribution in [1.29, 1.82) is 0 Å². The van der Waals surface area contributed by atoms with Crippen molar-refractivity contribution in [1.82, 2.24) is 0 Å². The van der Waals surface area contributed by atoms with Gasteiger partial charge in [-0.05, 0) is 29.3 Å². The van der Waals surface area contributed by atoms with E-state index in [2.05, 4.69) is 6.07 Å². The largest absolute Gasteiger partial charge is 0.399 e. The monoisotopic (exact) mass is 183 g/mol. The molecule has 0 spiro atoms. The Labute approximate surface area is 83.2 Å². The molecular formula is C12H11N2. The lowest BCUT2D eigenvalue weighted by atomic mass is 10.0. The first-order chi connectivity index (χ1) is 6.75. The molecule has 0 unspecified atom stereocenters. The molecule has 0 aliphatic carbocycles. The second-order valence-electron chi connectivity index (χ2n) is 3.16. The standard InChI is InChI=1S/C12H11N2/c13-11-5-1-3-9(7-11)10-4-2-6-12(14)8-10/h1-5,7-8H,13-14H2. The minimum atomic E-state index is 0.643. The molecule has 0 heterocycles. The summed E-state index contributed by atoms with van der Waals surface area (Å²) < 4.78 is 0.